The van der Waals surface area contributed by atoms with Gasteiger partial charge < -0.3 is 33.5 Å². The molecule has 2 atom stereocenters. The van der Waals surface area contributed by atoms with Gasteiger partial charge >= 0.3 is 17.9 Å². The fourth-order valence-corrected chi connectivity index (χ4v) is 2.66. The van der Waals surface area contributed by atoms with Crippen LogP contribution in [0.15, 0.2) is 0 Å². The number of aliphatic hydroxyl groups excluding tert-OH is 1. The molecule has 0 aromatic heterocycles. The number of Topliss-reactive ketones (excluding diaryl/α,β-unsaturated/α-hetero) is 3. The molecule has 0 rings (SSSR count). The molecule has 0 spiro atoms. The highest BCUT2D eigenvalue weighted by molar-refractivity contribution is 6.34. The fraction of sp³-hybridized carbons (Fsp3) is 0.760. The molecule has 0 aliphatic carbocycles. The standard InChI is InChI=1S/C25H40O13/c1-4-18(27)23(30)36-13-7-10-33-17-22(35-12-9-15-38-25(32)20(29)6-3)21(16-26)34-11-8-14-37-24(31)19(28)5-2/h21-22,26H,4-17H2,1-3H3. The second-order valence-corrected chi connectivity index (χ2v) is 7.87. The molecule has 0 aromatic carbocycles. The van der Waals surface area contributed by atoms with E-state index in [9.17, 15) is 33.9 Å². The van der Waals surface area contributed by atoms with E-state index in [1.54, 1.807) is 20.8 Å². The van der Waals surface area contributed by atoms with Gasteiger partial charge in [0, 0.05) is 45.1 Å². The van der Waals surface area contributed by atoms with Crippen LogP contribution in [-0.4, -0.2) is 105 Å². The number of ether oxygens (including phenoxy) is 6. The monoisotopic (exact) mass is 548 g/mol. The van der Waals surface area contributed by atoms with Gasteiger partial charge in [0.25, 0.3) is 0 Å². The molecule has 0 fully saturated rings. The first kappa shape index (κ1) is 35.3. The van der Waals surface area contributed by atoms with E-state index in [-0.39, 0.29) is 78.4 Å². The SMILES string of the molecule is CCC(=O)C(=O)OCCCOCC(OCCCOC(=O)C(=O)CC)C(CO)OCCCOC(=O)C(=O)CC. The third-order valence-electron chi connectivity index (χ3n) is 4.90. The van der Waals surface area contributed by atoms with Crippen molar-refractivity contribution in [2.45, 2.75) is 71.5 Å². The molecule has 2 unspecified atom stereocenters. The van der Waals surface area contributed by atoms with Crippen LogP contribution in [0.5, 0.6) is 0 Å². The van der Waals surface area contributed by atoms with Gasteiger partial charge in [-0.15, -0.1) is 0 Å². The Labute approximate surface area is 222 Å². The summed E-state index contributed by atoms with van der Waals surface area (Å²) in [7, 11) is 0. The maximum absolute atomic E-state index is 11.4. The number of carbonyl (C=O) groups excluding carboxylic acids is 6. The summed E-state index contributed by atoms with van der Waals surface area (Å²) in [5.74, 6) is -4.58. The van der Waals surface area contributed by atoms with Crippen LogP contribution in [-0.2, 0) is 57.2 Å². The average Bonchev–Trinajstić information content (AvgIpc) is 2.93. The Hall–Kier alpha value is -2.74. The number of hydrogen-bond acceptors (Lipinski definition) is 13. The minimum atomic E-state index is -0.911. The lowest BCUT2D eigenvalue weighted by molar-refractivity contribution is -0.155. The summed E-state index contributed by atoms with van der Waals surface area (Å²) in [5.41, 5.74) is 0. The van der Waals surface area contributed by atoms with Gasteiger partial charge in [-0.1, -0.05) is 20.8 Å². The molecule has 0 aliphatic heterocycles. The van der Waals surface area contributed by atoms with E-state index >= 15 is 0 Å². The number of hydrogen-bond donors (Lipinski definition) is 1. The molecule has 13 heteroatoms. The van der Waals surface area contributed by atoms with E-state index < -0.39 is 54.1 Å². The highest BCUT2D eigenvalue weighted by Crippen LogP contribution is 2.08. The van der Waals surface area contributed by atoms with Gasteiger partial charge in [-0.05, 0) is 0 Å². The summed E-state index contributed by atoms with van der Waals surface area (Å²) in [6, 6.07) is 0. The highest BCUT2D eigenvalue weighted by atomic mass is 16.6. The van der Waals surface area contributed by atoms with Crippen LogP contribution in [0.2, 0.25) is 0 Å². The lowest BCUT2D eigenvalue weighted by atomic mass is 10.2. The highest BCUT2D eigenvalue weighted by Gasteiger charge is 2.23. The van der Waals surface area contributed by atoms with Gasteiger partial charge in [-0.2, -0.15) is 0 Å². The molecule has 0 aliphatic rings. The number of rotatable bonds is 24. The summed E-state index contributed by atoms with van der Waals surface area (Å²) < 4.78 is 31.5. The zero-order valence-corrected chi connectivity index (χ0v) is 22.4. The second kappa shape index (κ2) is 22.3. The van der Waals surface area contributed by atoms with Crippen molar-refractivity contribution in [1.29, 1.82) is 0 Å². The quantitative estimate of drug-likeness (QED) is 0.0764. The molecule has 0 saturated heterocycles. The Morgan fingerprint density at radius 1 is 0.553 bits per heavy atom. The van der Waals surface area contributed by atoms with Crippen LogP contribution in [0.25, 0.3) is 0 Å². The normalized spacial score (nSPS) is 12.3. The van der Waals surface area contributed by atoms with Crippen LogP contribution < -0.4 is 0 Å². The van der Waals surface area contributed by atoms with Crippen molar-refractivity contribution >= 4 is 35.3 Å². The molecule has 0 amide bonds. The molecule has 38 heavy (non-hydrogen) atoms. The van der Waals surface area contributed by atoms with Gasteiger partial charge in [-0.25, -0.2) is 14.4 Å². The first-order valence-corrected chi connectivity index (χ1v) is 12.7. The van der Waals surface area contributed by atoms with Crippen LogP contribution in [0, 0.1) is 0 Å². The third kappa shape index (κ3) is 16.2. The molecular weight excluding hydrogens is 508 g/mol. The van der Waals surface area contributed by atoms with Crippen molar-refractivity contribution in [2.24, 2.45) is 0 Å². The molecule has 218 valence electrons. The predicted molar refractivity (Wildman–Crippen MR) is 130 cm³/mol. The zero-order valence-electron chi connectivity index (χ0n) is 22.4. The largest absolute Gasteiger partial charge is 0.460 e. The van der Waals surface area contributed by atoms with Crippen LogP contribution in [0.4, 0.5) is 0 Å². The van der Waals surface area contributed by atoms with E-state index in [1.165, 1.54) is 0 Å². The Balaban J connectivity index is 4.62. The number of aliphatic hydroxyl groups is 1. The van der Waals surface area contributed by atoms with E-state index in [1.807, 2.05) is 0 Å². The number of ketones is 3. The van der Waals surface area contributed by atoms with E-state index in [0.717, 1.165) is 0 Å². The maximum Gasteiger partial charge on any atom is 0.374 e. The lowest BCUT2D eigenvalue weighted by Crippen LogP contribution is -2.39. The second-order valence-electron chi connectivity index (χ2n) is 7.87. The van der Waals surface area contributed by atoms with Gasteiger partial charge in [0.15, 0.2) is 0 Å². The summed E-state index contributed by atoms with van der Waals surface area (Å²) in [6.07, 6.45) is -0.515. The Morgan fingerprint density at radius 3 is 1.29 bits per heavy atom. The summed E-state index contributed by atoms with van der Waals surface area (Å²) >= 11 is 0. The van der Waals surface area contributed by atoms with Crippen LogP contribution >= 0.6 is 0 Å². The molecule has 0 aromatic rings. The van der Waals surface area contributed by atoms with Crippen molar-refractivity contribution in [1.82, 2.24) is 0 Å². The lowest BCUT2D eigenvalue weighted by Gasteiger charge is -2.26. The van der Waals surface area contributed by atoms with Gasteiger partial charge in [-0.3, -0.25) is 14.4 Å². The summed E-state index contributed by atoms with van der Waals surface area (Å²) in [4.78, 5) is 67.9. The van der Waals surface area contributed by atoms with Crippen molar-refractivity contribution in [2.75, 3.05) is 52.9 Å². The zero-order chi connectivity index (χ0) is 28.8. The topological polar surface area (TPSA) is 178 Å². The average molecular weight is 549 g/mol. The van der Waals surface area contributed by atoms with E-state index in [2.05, 4.69) is 0 Å². The van der Waals surface area contributed by atoms with Crippen molar-refractivity contribution in [3.05, 3.63) is 0 Å². The number of carbonyl (C=O) groups is 6. The van der Waals surface area contributed by atoms with Crippen LogP contribution in [0.3, 0.4) is 0 Å². The maximum atomic E-state index is 11.4. The van der Waals surface area contributed by atoms with Crippen molar-refractivity contribution < 1.29 is 62.3 Å². The predicted octanol–water partition coefficient (Wildman–Crippen LogP) is 0.503. The molecule has 0 saturated carbocycles. The number of esters is 3. The Kier molecular flexibility index (Phi) is 20.7. The molecular formula is C25H40O13. The molecule has 13 nitrogen and oxygen atoms in total. The summed E-state index contributed by atoms with van der Waals surface area (Å²) in [5, 5.41) is 9.80. The smallest absolute Gasteiger partial charge is 0.374 e. The molecule has 0 heterocycles. The first-order chi connectivity index (χ1) is 18.2. The summed E-state index contributed by atoms with van der Waals surface area (Å²) in [6.45, 7) is 4.54. The molecule has 0 bridgehead atoms. The first-order valence-electron chi connectivity index (χ1n) is 12.7. The molecule has 0 radical (unpaired) electrons. The third-order valence-corrected chi connectivity index (χ3v) is 4.90. The minimum Gasteiger partial charge on any atom is -0.460 e. The van der Waals surface area contributed by atoms with Gasteiger partial charge in [0.1, 0.15) is 12.2 Å². The van der Waals surface area contributed by atoms with Gasteiger partial charge in [0.05, 0.1) is 46.2 Å². The van der Waals surface area contributed by atoms with Gasteiger partial charge in [0.2, 0.25) is 17.3 Å². The Bertz CT molecular complexity index is 750. The van der Waals surface area contributed by atoms with E-state index in [0.29, 0.717) is 6.42 Å². The Morgan fingerprint density at radius 2 is 0.921 bits per heavy atom. The van der Waals surface area contributed by atoms with Crippen LogP contribution in [0.1, 0.15) is 59.3 Å². The minimum absolute atomic E-state index is 0.00115. The van der Waals surface area contributed by atoms with E-state index in [4.69, 9.17) is 28.4 Å². The molecule has 1 N–H and O–H groups in total. The fourth-order valence-electron chi connectivity index (χ4n) is 2.66. The van der Waals surface area contributed by atoms with Crippen molar-refractivity contribution in [3.8, 4) is 0 Å². The van der Waals surface area contributed by atoms with Crippen molar-refractivity contribution in [3.63, 3.8) is 0 Å².